The van der Waals surface area contributed by atoms with Gasteiger partial charge in [-0.05, 0) is 13.8 Å². The number of carbonyl (C=O) groups excluding carboxylic acids is 1. The van der Waals surface area contributed by atoms with E-state index < -0.39 is 5.41 Å². The minimum atomic E-state index is -0.554. The second-order valence-electron chi connectivity index (χ2n) is 3.68. The third-order valence-corrected chi connectivity index (χ3v) is 2.53. The van der Waals surface area contributed by atoms with Crippen LogP contribution in [-0.4, -0.2) is 16.9 Å². The number of rotatable bonds is 4. The van der Waals surface area contributed by atoms with Crippen LogP contribution in [0.5, 0.6) is 0 Å². The van der Waals surface area contributed by atoms with Crippen molar-refractivity contribution in [2.45, 2.75) is 20.4 Å². The van der Waals surface area contributed by atoms with Crippen LogP contribution in [0.15, 0.2) is 16.8 Å². The quantitative estimate of drug-likeness (QED) is 0.778. The van der Waals surface area contributed by atoms with Gasteiger partial charge in [-0.15, -0.1) is 11.6 Å². The molecule has 1 heterocycles. The predicted molar refractivity (Wildman–Crippen MR) is 52.9 cm³/mol. The van der Waals surface area contributed by atoms with Crippen LogP contribution >= 0.6 is 11.6 Å². The van der Waals surface area contributed by atoms with E-state index in [2.05, 4.69) is 10.5 Å². The van der Waals surface area contributed by atoms with Gasteiger partial charge in [0.2, 0.25) is 5.91 Å². The molecule has 0 aromatic carbocycles. The first-order valence-electron chi connectivity index (χ1n) is 4.30. The van der Waals surface area contributed by atoms with Crippen molar-refractivity contribution in [1.82, 2.24) is 10.5 Å². The Morgan fingerprint density at radius 2 is 2.43 bits per heavy atom. The number of carbonyl (C=O) groups is 1. The topological polar surface area (TPSA) is 55.1 Å². The van der Waals surface area contributed by atoms with Crippen LogP contribution in [0, 0.1) is 5.41 Å². The molecule has 0 aliphatic heterocycles. The third-order valence-electron chi connectivity index (χ3n) is 1.86. The lowest BCUT2D eigenvalue weighted by atomic mass is 9.95. The summed E-state index contributed by atoms with van der Waals surface area (Å²) >= 11 is 5.65. The van der Waals surface area contributed by atoms with E-state index >= 15 is 0 Å². The molecule has 0 spiro atoms. The molecule has 0 atom stereocenters. The molecule has 14 heavy (non-hydrogen) atoms. The third kappa shape index (κ3) is 2.73. The number of nitrogens with zero attached hydrogens (tertiary/aromatic N) is 1. The summed E-state index contributed by atoms with van der Waals surface area (Å²) in [6.45, 7) is 3.92. The van der Waals surface area contributed by atoms with E-state index in [1.165, 1.54) is 6.20 Å². The van der Waals surface area contributed by atoms with E-state index in [0.29, 0.717) is 12.3 Å². The summed E-state index contributed by atoms with van der Waals surface area (Å²) in [6, 6.07) is 1.70. The van der Waals surface area contributed by atoms with Gasteiger partial charge in [-0.3, -0.25) is 4.79 Å². The molecule has 5 heteroatoms. The van der Waals surface area contributed by atoms with E-state index in [9.17, 15) is 4.79 Å². The Morgan fingerprint density at radius 3 is 2.93 bits per heavy atom. The first-order valence-corrected chi connectivity index (χ1v) is 4.83. The molecular formula is C9H13ClN2O2. The zero-order chi connectivity index (χ0) is 10.6. The van der Waals surface area contributed by atoms with Crippen molar-refractivity contribution in [3.8, 4) is 0 Å². The zero-order valence-electron chi connectivity index (χ0n) is 8.21. The lowest BCUT2D eigenvalue weighted by Gasteiger charge is -2.19. The van der Waals surface area contributed by atoms with Gasteiger partial charge in [-0.25, -0.2) is 0 Å². The number of amides is 1. The fraction of sp³-hybridized carbons (Fsp3) is 0.556. The highest BCUT2D eigenvalue weighted by Crippen LogP contribution is 2.16. The molecule has 1 N–H and O–H groups in total. The monoisotopic (exact) mass is 216 g/mol. The van der Waals surface area contributed by atoms with Gasteiger partial charge in [-0.2, -0.15) is 0 Å². The summed E-state index contributed by atoms with van der Waals surface area (Å²) in [5.74, 6) is 0.822. The van der Waals surface area contributed by atoms with Crippen LogP contribution in [0.25, 0.3) is 0 Å². The van der Waals surface area contributed by atoms with Gasteiger partial charge in [0.25, 0.3) is 0 Å². The molecule has 1 rings (SSSR count). The van der Waals surface area contributed by atoms with Crippen LogP contribution < -0.4 is 5.32 Å². The van der Waals surface area contributed by atoms with Gasteiger partial charge in [0.1, 0.15) is 0 Å². The first kappa shape index (κ1) is 11.0. The molecule has 0 saturated carbocycles. The van der Waals surface area contributed by atoms with Crippen molar-refractivity contribution in [1.29, 1.82) is 0 Å². The Labute approximate surface area is 87.6 Å². The SMILES string of the molecule is CC(C)(CCl)C(=O)NCc1ccno1. The van der Waals surface area contributed by atoms with Gasteiger partial charge in [0.15, 0.2) is 5.76 Å². The van der Waals surface area contributed by atoms with Crippen molar-refractivity contribution in [2.24, 2.45) is 5.41 Å². The first-order chi connectivity index (χ1) is 6.56. The number of hydrogen-bond acceptors (Lipinski definition) is 3. The summed E-state index contributed by atoms with van der Waals surface area (Å²) in [6.07, 6.45) is 1.54. The van der Waals surface area contributed by atoms with Crippen molar-refractivity contribution < 1.29 is 9.32 Å². The van der Waals surface area contributed by atoms with Crippen molar-refractivity contribution in [3.05, 3.63) is 18.0 Å². The molecule has 1 amide bonds. The molecule has 0 aliphatic rings. The molecule has 0 bridgehead atoms. The van der Waals surface area contributed by atoms with E-state index in [1.807, 2.05) is 0 Å². The lowest BCUT2D eigenvalue weighted by Crippen LogP contribution is -2.37. The minimum absolute atomic E-state index is 0.0936. The van der Waals surface area contributed by atoms with E-state index in [0.717, 1.165) is 0 Å². The van der Waals surface area contributed by atoms with E-state index in [1.54, 1.807) is 19.9 Å². The smallest absolute Gasteiger partial charge is 0.227 e. The number of hydrogen-bond donors (Lipinski definition) is 1. The molecule has 0 aliphatic carbocycles. The lowest BCUT2D eigenvalue weighted by molar-refractivity contribution is -0.128. The van der Waals surface area contributed by atoms with E-state index in [-0.39, 0.29) is 11.8 Å². The van der Waals surface area contributed by atoms with Crippen LogP contribution in [0.1, 0.15) is 19.6 Å². The second kappa shape index (κ2) is 4.46. The summed E-state index contributed by atoms with van der Waals surface area (Å²) in [5.41, 5.74) is -0.554. The standard InChI is InChI=1S/C9H13ClN2O2/c1-9(2,6-10)8(13)11-5-7-3-4-12-14-7/h3-4H,5-6H2,1-2H3,(H,11,13). The Kier molecular flexibility index (Phi) is 3.52. The van der Waals surface area contributed by atoms with Crippen LogP contribution in [0.4, 0.5) is 0 Å². The van der Waals surface area contributed by atoms with Crippen molar-refractivity contribution in [2.75, 3.05) is 5.88 Å². The highest BCUT2D eigenvalue weighted by atomic mass is 35.5. The molecular weight excluding hydrogens is 204 g/mol. The Hall–Kier alpha value is -1.03. The molecule has 1 aromatic rings. The van der Waals surface area contributed by atoms with Crippen LogP contribution in [-0.2, 0) is 11.3 Å². The predicted octanol–water partition coefficient (Wildman–Crippen LogP) is 1.56. The average molecular weight is 217 g/mol. The highest BCUT2D eigenvalue weighted by Gasteiger charge is 2.26. The number of nitrogens with one attached hydrogen (secondary N) is 1. The summed E-state index contributed by atoms with van der Waals surface area (Å²) in [4.78, 5) is 11.5. The Bertz CT molecular complexity index is 296. The molecule has 0 fully saturated rings. The van der Waals surface area contributed by atoms with Crippen molar-refractivity contribution >= 4 is 17.5 Å². The van der Waals surface area contributed by atoms with Crippen molar-refractivity contribution in [3.63, 3.8) is 0 Å². The van der Waals surface area contributed by atoms with Gasteiger partial charge in [0.05, 0.1) is 18.2 Å². The van der Waals surface area contributed by atoms with Gasteiger partial charge in [0, 0.05) is 11.9 Å². The Morgan fingerprint density at radius 1 is 1.71 bits per heavy atom. The minimum Gasteiger partial charge on any atom is -0.360 e. The van der Waals surface area contributed by atoms with E-state index in [4.69, 9.17) is 16.1 Å². The average Bonchev–Trinajstić information content (AvgIpc) is 2.66. The maximum atomic E-state index is 11.5. The second-order valence-corrected chi connectivity index (χ2v) is 3.95. The van der Waals surface area contributed by atoms with Gasteiger partial charge >= 0.3 is 0 Å². The van der Waals surface area contributed by atoms with Crippen LogP contribution in [0.3, 0.4) is 0 Å². The molecule has 4 nitrogen and oxygen atoms in total. The zero-order valence-corrected chi connectivity index (χ0v) is 8.97. The molecule has 0 saturated heterocycles. The Balaban J connectivity index is 2.43. The normalized spacial score (nSPS) is 11.4. The molecule has 78 valence electrons. The fourth-order valence-electron chi connectivity index (χ4n) is 0.801. The van der Waals surface area contributed by atoms with Gasteiger partial charge < -0.3 is 9.84 Å². The summed E-state index contributed by atoms with van der Waals surface area (Å²) in [5, 5.41) is 6.25. The summed E-state index contributed by atoms with van der Waals surface area (Å²) < 4.78 is 4.83. The van der Waals surface area contributed by atoms with Gasteiger partial charge in [-0.1, -0.05) is 5.16 Å². The summed E-state index contributed by atoms with van der Waals surface area (Å²) in [7, 11) is 0. The van der Waals surface area contributed by atoms with Crippen LogP contribution in [0.2, 0.25) is 0 Å². The number of halogens is 1. The maximum absolute atomic E-state index is 11.5. The molecule has 1 aromatic heterocycles. The number of aromatic nitrogens is 1. The largest absolute Gasteiger partial charge is 0.360 e. The maximum Gasteiger partial charge on any atom is 0.227 e. The number of alkyl halides is 1. The molecule has 0 radical (unpaired) electrons. The molecule has 0 unspecified atom stereocenters. The fourth-order valence-corrected chi connectivity index (χ4v) is 0.922. The highest BCUT2D eigenvalue weighted by molar-refractivity contribution is 6.19.